The molecule has 3 atom stereocenters. The lowest BCUT2D eigenvalue weighted by Gasteiger charge is -2.38. The van der Waals surface area contributed by atoms with Gasteiger partial charge in [-0.05, 0) is 44.7 Å². The zero-order chi connectivity index (χ0) is 21.1. The third-order valence-corrected chi connectivity index (χ3v) is 5.55. The van der Waals surface area contributed by atoms with Gasteiger partial charge in [0.25, 0.3) is 5.97 Å². The van der Waals surface area contributed by atoms with E-state index in [1.807, 2.05) is 6.92 Å². The first-order valence-electron chi connectivity index (χ1n) is 10.4. The van der Waals surface area contributed by atoms with Crippen LogP contribution in [0.3, 0.4) is 0 Å². The molecule has 0 saturated carbocycles. The molecule has 162 valence electrons. The van der Waals surface area contributed by atoms with Crippen LogP contribution in [0.4, 0.5) is 4.79 Å². The van der Waals surface area contributed by atoms with Crippen LogP contribution in [-0.2, 0) is 9.59 Å². The molecule has 0 radical (unpaired) electrons. The third-order valence-electron chi connectivity index (χ3n) is 5.55. The van der Waals surface area contributed by atoms with Gasteiger partial charge in [0.2, 0.25) is 0 Å². The Balaban J connectivity index is 0.000000892. The molecule has 28 heavy (non-hydrogen) atoms. The molecule has 2 aliphatic heterocycles. The van der Waals surface area contributed by atoms with Crippen LogP contribution in [0.1, 0.15) is 59.3 Å². The maximum atomic E-state index is 12.4. The summed E-state index contributed by atoms with van der Waals surface area (Å²) >= 11 is 0. The van der Waals surface area contributed by atoms with Gasteiger partial charge in [0.05, 0.1) is 5.92 Å². The maximum absolute atomic E-state index is 12.4. The van der Waals surface area contributed by atoms with Crippen molar-refractivity contribution in [3.8, 4) is 0 Å². The molecule has 3 unspecified atom stereocenters. The highest BCUT2D eigenvalue weighted by atomic mass is 16.4. The van der Waals surface area contributed by atoms with Gasteiger partial charge in [-0.2, -0.15) is 0 Å². The zero-order valence-electron chi connectivity index (χ0n) is 17.5. The SMILES string of the molecule is CC(=O)O.CCCCN1CCCCC1CNC(=O)N1CCC(C(=O)O)C(C)C1. The number of amides is 2. The number of carboxylic acids is 2. The molecule has 0 aliphatic carbocycles. The fraction of sp³-hybridized carbons (Fsp3) is 0.850. The van der Waals surface area contributed by atoms with Gasteiger partial charge < -0.3 is 20.4 Å². The van der Waals surface area contributed by atoms with Crippen LogP contribution in [-0.4, -0.2) is 76.7 Å². The van der Waals surface area contributed by atoms with Gasteiger partial charge in [0.15, 0.2) is 0 Å². The first kappa shape index (κ1) is 24.2. The average Bonchev–Trinajstić information content (AvgIpc) is 2.64. The van der Waals surface area contributed by atoms with Crippen LogP contribution in [0.15, 0.2) is 0 Å². The number of rotatable bonds is 6. The minimum atomic E-state index is -0.833. The van der Waals surface area contributed by atoms with Gasteiger partial charge >= 0.3 is 12.0 Å². The topological polar surface area (TPSA) is 110 Å². The lowest BCUT2D eigenvalue weighted by Crippen LogP contribution is -2.52. The average molecular weight is 400 g/mol. The summed E-state index contributed by atoms with van der Waals surface area (Å²) in [5.74, 6) is -1.88. The molecule has 2 saturated heterocycles. The highest BCUT2D eigenvalue weighted by Gasteiger charge is 2.33. The Hall–Kier alpha value is -1.83. The van der Waals surface area contributed by atoms with Crippen molar-refractivity contribution < 1.29 is 24.6 Å². The Kier molecular flexibility index (Phi) is 10.9. The van der Waals surface area contributed by atoms with E-state index in [0.29, 0.717) is 32.1 Å². The number of carbonyl (C=O) groups excluding carboxylic acids is 1. The second kappa shape index (κ2) is 12.6. The number of urea groups is 1. The van der Waals surface area contributed by atoms with E-state index in [1.165, 1.54) is 25.7 Å². The van der Waals surface area contributed by atoms with Gasteiger partial charge in [-0.25, -0.2) is 4.79 Å². The lowest BCUT2D eigenvalue weighted by molar-refractivity contribution is -0.145. The maximum Gasteiger partial charge on any atom is 0.317 e. The van der Waals surface area contributed by atoms with E-state index in [4.69, 9.17) is 9.90 Å². The van der Waals surface area contributed by atoms with Crippen molar-refractivity contribution in [1.82, 2.24) is 15.1 Å². The third kappa shape index (κ3) is 8.46. The van der Waals surface area contributed by atoms with Crippen LogP contribution in [0, 0.1) is 11.8 Å². The Morgan fingerprint density at radius 1 is 1.11 bits per heavy atom. The Bertz CT molecular complexity index is 510. The molecule has 2 amide bonds. The van der Waals surface area contributed by atoms with Gasteiger partial charge in [0, 0.05) is 32.6 Å². The van der Waals surface area contributed by atoms with Crippen LogP contribution < -0.4 is 5.32 Å². The first-order valence-corrected chi connectivity index (χ1v) is 10.4. The minimum absolute atomic E-state index is 0.0118. The summed E-state index contributed by atoms with van der Waals surface area (Å²) in [5.41, 5.74) is 0. The number of carboxylic acid groups (broad SMARTS) is 2. The van der Waals surface area contributed by atoms with Crippen LogP contribution in [0.2, 0.25) is 0 Å². The number of unbranched alkanes of at least 4 members (excludes halogenated alkanes) is 1. The van der Waals surface area contributed by atoms with Crippen molar-refractivity contribution in [3.63, 3.8) is 0 Å². The summed E-state index contributed by atoms with van der Waals surface area (Å²) < 4.78 is 0. The first-order chi connectivity index (χ1) is 13.3. The van der Waals surface area contributed by atoms with Crippen molar-refractivity contribution in [2.45, 2.75) is 65.3 Å². The summed E-state index contributed by atoms with van der Waals surface area (Å²) in [7, 11) is 0. The summed E-state index contributed by atoms with van der Waals surface area (Å²) in [5, 5.41) is 19.7. The molecule has 8 nitrogen and oxygen atoms in total. The Morgan fingerprint density at radius 3 is 2.36 bits per heavy atom. The molecule has 8 heteroatoms. The van der Waals surface area contributed by atoms with E-state index in [1.54, 1.807) is 4.90 Å². The molecule has 3 N–H and O–H groups in total. The van der Waals surface area contributed by atoms with Crippen molar-refractivity contribution in [2.75, 3.05) is 32.7 Å². The molecular weight excluding hydrogens is 362 g/mol. The normalized spacial score (nSPS) is 25.4. The lowest BCUT2D eigenvalue weighted by atomic mass is 9.87. The summed E-state index contributed by atoms with van der Waals surface area (Å²) in [6.07, 6.45) is 6.62. The standard InChI is InChI=1S/C18H33N3O3.C2H4O2/c1-3-4-9-20-10-6-5-7-15(20)12-19-18(24)21-11-8-16(17(22)23)14(2)13-21;1-2(3)4/h14-16H,3-13H2,1-2H3,(H,19,24)(H,22,23);1H3,(H,3,4). The number of hydrogen-bond acceptors (Lipinski definition) is 4. The second-order valence-electron chi connectivity index (χ2n) is 7.90. The molecule has 0 aromatic carbocycles. The highest BCUT2D eigenvalue weighted by Crippen LogP contribution is 2.23. The minimum Gasteiger partial charge on any atom is -0.481 e. The predicted molar refractivity (Wildman–Crippen MR) is 107 cm³/mol. The van der Waals surface area contributed by atoms with E-state index in [2.05, 4.69) is 17.1 Å². The van der Waals surface area contributed by atoms with E-state index in [0.717, 1.165) is 26.4 Å². The molecule has 2 heterocycles. The fourth-order valence-corrected chi connectivity index (χ4v) is 3.96. The van der Waals surface area contributed by atoms with Crippen LogP contribution in [0.25, 0.3) is 0 Å². The number of aliphatic carboxylic acids is 2. The number of piperidine rings is 2. The van der Waals surface area contributed by atoms with Crippen molar-refractivity contribution in [3.05, 3.63) is 0 Å². The monoisotopic (exact) mass is 399 g/mol. The van der Waals surface area contributed by atoms with E-state index in [-0.39, 0.29) is 17.9 Å². The van der Waals surface area contributed by atoms with E-state index in [9.17, 15) is 14.7 Å². The van der Waals surface area contributed by atoms with Crippen molar-refractivity contribution in [2.24, 2.45) is 11.8 Å². The summed E-state index contributed by atoms with van der Waals surface area (Å²) in [4.78, 5) is 36.9. The number of nitrogens with zero attached hydrogens (tertiary/aromatic N) is 2. The smallest absolute Gasteiger partial charge is 0.317 e. The largest absolute Gasteiger partial charge is 0.481 e. The number of nitrogens with one attached hydrogen (secondary N) is 1. The molecule has 0 aromatic rings. The van der Waals surface area contributed by atoms with Crippen LogP contribution >= 0.6 is 0 Å². The number of hydrogen-bond donors (Lipinski definition) is 3. The molecule has 2 rings (SSSR count). The van der Waals surface area contributed by atoms with Gasteiger partial charge in [0.1, 0.15) is 0 Å². The predicted octanol–water partition coefficient (Wildman–Crippen LogP) is 2.48. The molecule has 0 aromatic heterocycles. The number of likely N-dealkylation sites (tertiary alicyclic amines) is 2. The Labute approximate surface area is 168 Å². The van der Waals surface area contributed by atoms with Crippen LogP contribution in [0.5, 0.6) is 0 Å². The molecular formula is C20H37N3O5. The van der Waals surface area contributed by atoms with E-state index < -0.39 is 11.9 Å². The number of carbonyl (C=O) groups is 3. The van der Waals surface area contributed by atoms with Gasteiger partial charge in [-0.3, -0.25) is 14.5 Å². The molecule has 0 bridgehead atoms. The molecule has 2 fully saturated rings. The molecule has 2 aliphatic rings. The van der Waals surface area contributed by atoms with Crippen molar-refractivity contribution >= 4 is 18.0 Å². The Morgan fingerprint density at radius 2 is 1.79 bits per heavy atom. The van der Waals surface area contributed by atoms with Gasteiger partial charge in [-0.15, -0.1) is 0 Å². The summed E-state index contributed by atoms with van der Waals surface area (Å²) in [6, 6.07) is 0.412. The molecule has 0 spiro atoms. The van der Waals surface area contributed by atoms with Gasteiger partial charge in [-0.1, -0.05) is 26.7 Å². The zero-order valence-corrected chi connectivity index (χ0v) is 17.5. The quantitative estimate of drug-likeness (QED) is 0.633. The van der Waals surface area contributed by atoms with E-state index >= 15 is 0 Å². The second-order valence-corrected chi connectivity index (χ2v) is 7.90. The fourth-order valence-electron chi connectivity index (χ4n) is 3.96. The van der Waals surface area contributed by atoms with Crippen molar-refractivity contribution in [1.29, 1.82) is 0 Å². The summed E-state index contributed by atoms with van der Waals surface area (Å²) in [6.45, 7) is 9.26. The highest BCUT2D eigenvalue weighted by molar-refractivity contribution is 5.75.